The molecule has 3 aliphatic rings. The Morgan fingerprint density at radius 2 is 1.48 bits per heavy atom. The Hall–Kier alpha value is 0.660. The van der Waals surface area contributed by atoms with Gasteiger partial charge in [0.1, 0.15) is 0 Å². The molecular formula is C18H41N5P2. The van der Waals surface area contributed by atoms with Gasteiger partial charge in [0.05, 0.1) is 0 Å². The molecule has 3 aliphatic heterocycles. The van der Waals surface area contributed by atoms with Gasteiger partial charge in [0.15, 0.2) is 0 Å². The van der Waals surface area contributed by atoms with Crippen LogP contribution in [0.25, 0.3) is 0 Å². The van der Waals surface area contributed by atoms with E-state index >= 15 is 0 Å². The molecule has 0 saturated carbocycles. The summed E-state index contributed by atoms with van der Waals surface area (Å²) in [4.78, 5) is 0. The Labute approximate surface area is 158 Å². The van der Waals surface area contributed by atoms with Crippen molar-refractivity contribution in [3.05, 3.63) is 0 Å². The molecular weight excluding hydrogens is 348 g/mol. The van der Waals surface area contributed by atoms with Crippen LogP contribution in [0.1, 0.15) is 64.7 Å². The number of nitrogens with two attached hydrogens (primary N) is 1. The van der Waals surface area contributed by atoms with E-state index in [0.29, 0.717) is 0 Å². The molecule has 3 rings (SSSR count). The van der Waals surface area contributed by atoms with E-state index in [2.05, 4.69) is 32.4 Å². The van der Waals surface area contributed by atoms with Crippen molar-refractivity contribution in [2.75, 3.05) is 46.3 Å². The minimum absolute atomic E-state index is 0.772. The Bertz CT molecular complexity index is 375. The number of unbranched alkanes of at least 4 members (excludes halogenated alkanes) is 1. The van der Waals surface area contributed by atoms with Gasteiger partial charge in [-0.2, -0.15) is 0 Å². The molecule has 25 heavy (non-hydrogen) atoms. The summed E-state index contributed by atoms with van der Waals surface area (Å²) in [5.41, 5.74) is 7.26. The maximum atomic E-state index is 7.26. The van der Waals surface area contributed by atoms with Gasteiger partial charge < -0.3 is 0 Å². The third kappa shape index (κ3) is 4.93. The zero-order valence-corrected chi connectivity index (χ0v) is 18.6. The summed E-state index contributed by atoms with van der Waals surface area (Å²) < 4.78 is 10.7. The van der Waals surface area contributed by atoms with Crippen molar-refractivity contribution < 1.29 is 0 Å². The van der Waals surface area contributed by atoms with Gasteiger partial charge in [0, 0.05) is 0 Å². The zero-order valence-electron chi connectivity index (χ0n) is 16.6. The molecule has 0 amide bonds. The second-order valence-electron chi connectivity index (χ2n) is 8.31. The molecule has 148 valence electrons. The average molecular weight is 390 g/mol. The summed E-state index contributed by atoms with van der Waals surface area (Å²) in [5, 5.41) is 0. The van der Waals surface area contributed by atoms with E-state index < -0.39 is 7.87 Å². The first-order chi connectivity index (χ1) is 12.1. The van der Waals surface area contributed by atoms with E-state index in [4.69, 9.17) is 5.50 Å². The van der Waals surface area contributed by atoms with Crippen molar-refractivity contribution >= 4 is 16.7 Å². The second-order valence-corrected chi connectivity index (χ2v) is 13.6. The Kier molecular flexibility index (Phi) is 7.94. The predicted octanol–water partition coefficient (Wildman–Crippen LogP) is 3.89. The number of hydrogen-bond acceptors (Lipinski definition) is 5. The average Bonchev–Trinajstić information content (AvgIpc) is 3.34. The molecule has 1 atom stereocenters. The number of rotatable bonds is 8. The van der Waals surface area contributed by atoms with Crippen LogP contribution in [-0.2, 0) is 0 Å². The second kappa shape index (κ2) is 9.73. The van der Waals surface area contributed by atoms with E-state index in [0.717, 1.165) is 14.8 Å². The van der Waals surface area contributed by atoms with E-state index in [1.807, 2.05) is 0 Å². The van der Waals surface area contributed by atoms with Gasteiger partial charge in [-0.1, -0.05) is 0 Å². The molecule has 0 radical (unpaired) electrons. The van der Waals surface area contributed by atoms with Crippen LogP contribution in [0.15, 0.2) is 0 Å². The first-order valence-corrected chi connectivity index (χ1v) is 13.5. The molecule has 3 heterocycles. The van der Waals surface area contributed by atoms with Crippen LogP contribution in [0.3, 0.4) is 0 Å². The van der Waals surface area contributed by atoms with Crippen LogP contribution in [0.2, 0.25) is 0 Å². The van der Waals surface area contributed by atoms with Gasteiger partial charge in [0.2, 0.25) is 0 Å². The Morgan fingerprint density at radius 1 is 0.960 bits per heavy atom. The van der Waals surface area contributed by atoms with Crippen LogP contribution in [0.5, 0.6) is 0 Å². The fourth-order valence-corrected chi connectivity index (χ4v) is 10.8. The SMILES string of the molecule is CCCCC1CCN(PN(C)[PH](N)(N2CCCC2)N2CCCC2)CC1. The summed E-state index contributed by atoms with van der Waals surface area (Å²) in [6.07, 6.45) is 12.3. The Balaban J connectivity index is 1.56. The molecule has 3 saturated heterocycles. The molecule has 0 aromatic carbocycles. The van der Waals surface area contributed by atoms with Gasteiger partial charge in [0.25, 0.3) is 0 Å². The normalized spacial score (nSPS) is 26.6. The van der Waals surface area contributed by atoms with Crippen molar-refractivity contribution in [3.63, 3.8) is 0 Å². The van der Waals surface area contributed by atoms with Crippen molar-refractivity contribution in [2.45, 2.75) is 64.7 Å². The molecule has 5 nitrogen and oxygen atoms in total. The van der Waals surface area contributed by atoms with Crippen molar-refractivity contribution in [1.82, 2.24) is 18.5 Å². The zero-order chi connectivity index (χ0) is 17.7. The van der Waals surface area contributed by atoms with Gasteiger partial charge >= 0.3 is 158 Å². The predicted molar refractivity (Wildman–Crippen MR) is 114 cm³/mol. The van der Waals surface area contributed by atoms with Crippen molar-refractivity contribution in [1.29, 1.82) is 0 Å². The van der Waals surface area contributed by atoms with Gasteiger partial charge in [-0.15, -0.1) is 0 Å². The third-order valence-corrected chi connectivity index (χ3v) is 12.6. The Morgan fingerprint density at radius 3 is 1.96 bits per heavy atom. The number of nitrogens with zero attached hydrogens (tertiary/aromatic N) is 4. The fraction of sp³-hybridized carbons (Fsp3) is 1.00. The van der Waals surface area contributed by atoms with E-state index in [1.165, 1.54) is 97.1 Å². The first-order valence-electron chi connectivity index (χ1n) is 10.7. The van der Waals surface area contributed by atoms with E-state index in [9.17, 15) is 0 Å². The maximum absolute atomic E-state index is 7.26. The quantitative estimate of drug-likeness (QED) is 0.638. The monoisotopic (exact) mass is 389 g/mol. The summed E-state index contributed by atoms with van der Waals surface area (Å²) in [6.45, 7) is 9.73. The summed E-state index contributed by atoms with van der Waals surface area (Å²) in [6, 6.07) is 0. The molecule has 7 heteroatoms. The fourth-order valence-electron chi connectivity index (χ4n) is 4.82. The van der Waals surface area contributed by atoms with Gasteiger partial charge in [-0.25, -0.2) is 0 Å². The van der Waals surface area contributed by atoms with Gasteiger partial charge in [-0.05, 0) is 0 Å². The minimum atomic E-state index is -2.14. The summed E-state index contributed by atoms with van der Waals surface area (Å²) in [5.74, 6) is 0.975. The van der Waals surface area contributed by atoms with Crippen molar-refractivity contribution in [2.24, 2.45) is 11.4 Å². The summed E-state index contributed by atoms with van der Waals surface area (Å²) >= 11 is 0. The molecule has 0 aromatic rings. The number of piperidine rings is 1. The molecule has 0 aromatic heterocycles. The van der Waals surface area contributed by atoms with Crippen LogP contribution < -0.4 is 5.50 Å². The molecule has 0 bridgehead atoms. The van der Waals surface area contributed by atoms with Crippen LogP contribution in [0.4, 0.5) is 0 Å². The molecule has 1 unspecified atom stereocenters. The standard InChI is InChI=1S/C18H41N5P2/c1-3-4-9-18-10-16-21(17-11-18)24-20(2)25(19,22-12-5-6-13-22)23-14-7-8-15-23/h18,24-25H,3-17,19H2,1-2H3. The van der Waals surface area contributed by atoms with Crippen LogP contribution in [0, 0.1) is 5.92 Å². The number of hydrogen-bond donors (Lipinski definition) is 1. The third-order valence-electron chi connectivity index (χ3n) is 6.51. The summed E-state index contributed by atoms with van der Waals surface area (Å²) in [7, 11) is 0.958. The van der Waals surface area contributed by atoms with Crippen LogP contribution >= 0.6 is 16.7 Å². The van der Waals surface area contributed by atoms with Crippen LogP contribution in [-0.4, -0.2) is 64.8 Å². The molecule has 3 fully saturated rings. The molecule has 0 spiro atoms. The van der Waals surface area contributed by atoms with Gasteiger partial charge in [-0.3, -0.25) is 0 Å². The topological polar surface area (TPSA) is 39.0 Å². The van der Waals surface area contributed by atoms with Crippen molar-refractivity contribution in [3.8, 4) is 0 Å². The van der Waals surface area contributed by atoms with E-state index in [-0.39, 0.29) is 0 Å². The van der Waals surface area contributed by atoms with E-state index in [1.54, 1.807) is 0 Å². The molecule has 0 aliphatic carbocycles. The first kappa shape index (κ1) is 20.4. The molecule has 2 N–H and O–H groups in total.